The molecule has 2 aliphatic rings. The van der Waals surface area contributed by atoms with E-state index in [0.717, 1.165) is 18.7 Å². The van der Waals surface area contributed by atoms with Crippen LogP contribution in [0.15, 0.2) is 42.6 Å². The van der Waals surface area contributed by atoms with Crippen molar-refractivity contribution >= 4 is 17.3 Å². The Morgan fingerprint density at radius 1 is 1.29 bits per heavy atom. The van der Waals surface area contributed by atoms with Gasteiger partial charge in [-0.3, -0.25) is 9.69 Å². The van der Waals surface area contributed by atoms with Gasteiger partial charge >= 0.3 is 0 Å². The Kier molecular flexibility index (Phi) is 3.28. The van der Waals surface area contributed by atoms with Gasteiger partial charge in [-0.2, -0.15) is 0 Å². The Balaban J connectivity index is 2.01. The molecule has 5 nitrogen and oxygen atoms in total. The average Bonchev–Trinajstić information content (AvgIpc) is 2.95. The van der Waals surface area contributed by atoms with E-state index in [4.69, 9.17) is 11.5 Å². The van der Waals surface area contributed by atoms with E-state index in [-0.39, 0.29) is 5.91 Å². The molecule has 4 N–H and O–H groups in total. The molecule has 2 aliphatic heterocycles. The van der Waals surface area contributed by atoms with Gasteiger partial charge in [0, 0.05) is 24.3 Å². The minimum absolute atomic E-state index is 0.322. The first-order valence-electron chi connectivity index (χ1n) is 7.09. The fourth-order valence-electron chi connectivity index (χ4n) is 3.18. The highest BCUT2D eigenvalue weighted by Crippen LogP contribution is 2.37. The third-order valence-corrected chi connectivity index (χ3v) is 4.18. The van der Waals surface area contributed by atoms with Crippen LogP contribution in [0.1, 0.15) is 12.8 Å². The van der Waals surface area contributed by atoms with Crippen LogP contribution < -0.4 is 16.4 Å². The minimum atomic E-state index is -0.814. The molecule has 0 unspecified atom stereocenters. The molecule has 1 aromatic rings. The van der Waals surface area contributed by atoms with E-state index in [9.17, 15) is 4.79 Å². The van der Waals surface area contributed by atoms with Crippen molar-refractivity contribution in [2.75, 3.05) is 23.7 Å². The highest BCUT2D eigenvalue weighted by molar-refractivity contribution is 5.89. The zero-order valence-electron chi connectivity index (χ0n) is 11.8. The predicted octanol–water partition coefficient (Wildman–Crippen LogP) is 1.24. The van der Waals surface area contributed by atoms with Crippen LogP contribution in [0.25, 0.3) is 0 Å². The second-order valence-electron chi connectivity index (χ2n) is 5.37. The Bertz CT molecular complexity index is 593. The Hall–Kier alpha value is -2.52. The number of carbonyl (C=O) groups excluding carboxylic acids is 1. The fraction of sp³-hybridized carbons (Fsp3) is 0.312. The summed E-state index contributed by atoms with van der Waals surface area (Å²) >= 11 is 0. The molecule has 0 spiro atoms. The molecular formula is C16H19N4O+. The van der Waals surface area contributed by atoms with Crippen LogP contribution >= 0.6 is 0 Å². The van der Waals surface area contributed by atoms with E-state index in [1.54, 1.807) is 0 Å². The Morgan fingerprint density at radius 3 is 2.67 bits per heavy atom. The number of primary amides is 1. The standard InChI is InChI=1S/C16H18N4O/c17-13-5-7-14(8-6-13)20-12-4-9-16(20,15(18)21)19-10-2-1-3-11-19/h2-3,5-8,10H,4,9,11-12,17H2,(H-,18,21)/p+1/t16-/m0/s1. The zero-order valence-corrected chi connectivity index (χ0v) is 11.8. The molecule has 1 fully saturated rings. The third kappa shape index (κ3) is 2.12. The summed E-state index contributed by atoms with van der Waals surface area (Å²) < 4.78 is 0. The summed E-state index contributed by atoms with van der Waals surface area (Å²) in [7, 11) is 0. The van der Waals surface area contributed by atoms with Gasteiger partial charge in [-0.25, -0.2) is 0 Å². The van der Waals surface area contributed by atoms with E-state index in [1.807, 2.05) is 47.5 Å². The van der Waals surface area contributed by atoms with Crippen molar-refractivity contribution in [1.29, 1.82) is 0 Å². The molecule has 108 valence electrons. The van der Waals surface area contributed by atoms with Gasteiger partial charge < -0.3 is 16.4 Å². The molecule has 0 aromatic heterocycles. The van der Waals surface area contributed by atoms with E-state index in [1.165, 1.54) is 0 Å². The second-order valence-corrected chi connectivity index (χ2v) is 5.37. The highest BCUT2D eigenvalue weighted by Gasteiger charge is 2.52. The van der Waals surface area contributed by atoms with Gasteiger partial charge in [0.1, 0.15) is 6.20 Å². The van der Waals surface area contributed by atoms with Crippen molar-refractivity contribution in [2.24, 2.45) is 5.73 Å². The fourth-order valence-corrected chi connectivity index (χ4v) is 3.18. The first kappa shape index (κ1) is 13.5. The number of nitrogens with zero attached hydrogens (tertiary/aromatic N) is 2. The smallest absolute Gasteiger partial charge is 0.266 e. The van der Waals surface area contributed by atoms with Crippen LogP contribution in [0.4, 0.5) is 11.4 Å². The maximum atomic E-state index is 12.3. The molecule has 1 saturated heterocycles. The molecule has 1 aromatic carbocycles. The Morgan fingerprint density at radius 2 is 2.05 bits per heavy atom. The summed E-state index contributed by atoms with van der Waals surface area (Å²) in [5, 5.41) is 0. The van der Waals surface area contributed by atoms with Crippen LogP contribution in [-0.4, -0.2) is 29.6 Å². The first-order valence-corrected chi connectivity index (χ1v) is 7.09. The lowest BCUT2D eigenvalue weighted by molar-refractivity contribution is -0.127. The summed E-state index contributed by atoms with van der Waals surface area (Å²) in [6.45, 7) is 1.43. The van der Waals surface area contributed by atoms with Gasteiger partial charge in [0.25, 0.3) is 5.91 Å². The second kappa shape index (κ2) is 5.11. The SMILES string of the molecule is NC(=O)[C@]1(N2C=C[C+]=CC2)CCCN1c1ccc(N)cc1. The summed E-state index contributed by atoms with van der Waals surface area (Å²) in [4.78, 5) is 16.4. The number of carbonyl (C=O) groups is 1. The molecule has 2 heterocycles. The van der Waals surface area contributed by atoms with Crippen LogP contribution in [0.2, 0.25) is 0 Å². The molecule has 0 aliphatic carbocycles. The van der Waals surface area contributed by atoms with E-state index < -0.39 is 5.66 Å². The third-order valence-electron chi connectivity index (χ3n) is 4.18. The number of hydrogen-bond acceptors (Lipinski definition) is 4. The maximum absolute atomic E-state index is 12.3. The van der Waals surface area contributed by atoms with Crippen molar-refractivity contribution in [3.05, 3.63) is 48.7 Å². The molecule has 21 heavy (non-hydrogen) atoms. The lowest BCUT2D eigenvalue weighted by atomic mass is 10.0. The minimum Gasteiger partial charge on any atom is -0.399 e. The molecule has 1 atom stereocenters. The number of rotatable bonds is 3. The number of hydrogen-bond donors (Lipinski definition) is 2. The van der Waals surface area contributed by atoms with E-state index in [2.05, 4.69) is 11.0 Å². The van der Waals surface area contributed by atoms with Gasteiger partial charge in [0.2, 0.25) is 5.66 Å². The summed E-state index contributed by atoms with van der Waals surface area (Å²) in [5.41, 5.74) is 12.4. The molecule has 0 bridgehead atoms. The number of nitrogens with two attached hydrogens (primary N) is 2. The first-order chi connectivity index (χ1) is 10.1. The lowest BCUT2D eigenvalue weighted by Gasteiger charge is -2.42. The van der Waals surface area contributed by atoms with E-state index >= 15 is 0 Å². The zero-order chi connectivity index (χ0) is 14.9. The van der Waals surface area contributed by atoms with Crippen molar-refractivity contribution in [3.8, 4) is 0 Å². The van der Waals surface area contributed by atoms with Crippen molar-refractivity contribution in [2.45, 2.75) is 18.5 Å². The van der Waals surface area contributed by atoms with Gasteiger partial charge in [-0.05, 0) is 30.7 Å². The van der Waals surface area contributed by atoms with Crippen LogP contribution in [0, 0.1) is 6.08 Å². The predicted molar refractivity (Wildman–Crippen MR) is 83.0 cm³/mol. The largest absolute Gasteiger partial charge is 0.399 e. The topological polar surface area (TPSA) is 75.6 Å². The number of benzene rings is 1. The van der Waals surface area contributed by atoms with E-state index in [0.29, 0.717) is 18.7 Å². The quantitative estimate of drug-likeness (QED) is 0.646. The number of allylic oxidation sites excluding steroid dienone is 2. The number of amides is 1. The van der Waals surface area contributed by atoms with Gasteiger partial charge in [-0.1, -0.05) is 0 Å². The molecule has 3 rings (SSSR count). The molecule has 0 saturated carbocycles. The van der Waals surface area contributed by atoms with Gasteiger partial charge in [0.15, 0.2) is 6.08 Å². The monoisotopic (exact) mass is 283 g/mol. The Labute approximate surface area is 124 Å². The molecule has 5 heteroatoms. The summed E-state index contributed by atoms with van der Waals surface area (Å²) in [6, 6.07) is 7.57. The van der Waals surface area contributed by atoms with Gasteiger partial charge in [-0.15, -0.1) is 0 Å². The molecule has 1 amide bonds. The van der Waals surface area contributed by atoms with Crippen molar-refractivity contribution in [3.63, 3.8) is 0 Å². The maximum Gasteiger partial charge on any atom is 0.266 e. The number of anilines is 2. The highest BCUT2D eigenvalue weighted by atomic mass is 16.2. The van der Waals surface area contributed by atoms with Crippen molar-refractivity contribution in [1.82, 2.24) is 4.90 Å². The van der Waals surface area contributed by atoms with Crippen molar-refractivity contribution < 1.29 is 4.79 Å². The molecule has 0 radical (unpaired) electrons. The molecular weight excluding hydrogens is 264 g/mol. The summed E-state index contributed by atoms with van der Waals surface area (Å²) in [5.74, 6) is -0.322. The normalized spacial score (nSPS) is 24.2. The summed E-state index contributed by atoms with van der Waals surface area (Å²) in [6.07, 6.45) is 10.3. The van der Waals surface area contributed by atoms with Crippen LogP contribution in [0.5, 0.6) is 0 Å². The van der Waals surface area contributed by atoms with Crippen LogP contribution in [-0.2, 0) is 4.79 Å². The lowest BCUT2D eigenvalue weighted by Crippen LogP contribution is -2.63. The van der Waals surface area contributed by atoms with Gasteiger partial charge in [0.05, 0.1) is 18.7 Å². The number of nitrogen functional groups attached to an aromatic ring is 1. The van der Waals surface area contributed by atoms with Crippen LogP contribution in [0.3, 0.4) is 0 Å². The average molecular weight is 283 g/mol.